The number of halogens is 1. The SMILES string of the molecule is CN=C(NCc1cc(OC)c(OC)cc1OC)N1CCC(Cc2ccccc2)C1.I. The Balaban J connectivity index is 0.00000320. The van der Waals surface area contributed by atoms with Crippen molar-refractivity contribution in [3.63, 3.8) is 0 Å². The third kappa shape index (κ3) is 5.93. The zero-order valence-electron chi connectivity index (χ0n) is 18.2. The van der Waals surface area contributed by atoms with Crippen molar-refractivity contribution in [2.75, 3.05) is 41.5 Å². The van der Waals surface area contributed by atoms with Crippen molar-refractivity contribution < 1.29 is 14.2 Å². The number of ether oxygens (including phenoxy) is 3. The summed E-state index contributed by atoms with van der Waals surface area (Å²) in [7, 11) is 6.75. The first-order valence-electron chi connectivity index (χ1n) is 9.96. The first-order chi connectivity index (χ1) is 14.2. The Morgan fingerprint density at radius 3 is 2.33 bits per heavy atom. The van der Waals surface area contributed by atoms with Crippen LogP contribution in [0, 0.1) is 5.92 Å². The Labute approximate surface area is 196 Å². The Kier molecular flexibility index (Phi) is 9.55. The van der Waals surface area contributed by atoms with Crippen LogP contribution in [0.15, 0.2) is 47.5 Å². The molecule has 1 fully saturated rings. The molecule has 3 rings (SSSR count). The van der Waals surface area contributed by atoms with Crippen molar-refractivity contribution in [2.24, 2.45) is 10.9 Å². The second-order valence-corrected chi connectivity index (χ2v) is 7.21. The molecule has 30 heavy (non-hydrogen) atoms. The minimum Gasteiger partial charge on any atom is -0.496 e. The maximum Gasteiger partial charge on any atom is 0.193 e. The summed E-state index contributed by atoms with van der Waals surface area (Å²) >= 11 is 0. The van der Waals surface area contributed by atoms with Gasteiger partial charge < -0.3 is 24.4 Å². The molecule has 0 spiro atoms. The first kappa shape index (κ1) is 24.1. The van der Waals surface area contributed by atoms with Crippen LogP contribution in [0.4, 0.5) is 0 Å². The molecule has 1 heterocycles. The van der Waals surface area contributed by atoms with Crippen molar-refractivity contribution in [2.45, 2.75) is 19.4 Å². The molecule has 0 amide bonds. The fourth-order valence-electron chi connectivity index (χ4n) is 3.88. The second kappa shape index (κ2) is 11.9. The van der Waals surface area contributed by atoms with E-state index in [-0.39, 0.29) is 24.0 Å². The average molecular weight is 525 g/mol. The number of hydrogen-bond donors (Lipinski definition) is 1. The summed E-state index contributed by atoms with van der Waals surface area (Å²) in [6.45, 7) is 2.62. The van der Waals surface area contributed by atoms with E-state index in [2.05, 4.69) is 45.5 Å². The standard InChI is InChI=1S/C23H31N3O3.HI/c1-24-23(26-11-10-18(16-26)12-17-8-6-5-7-9-17)25-15-19-13-21(28-3)22(29-4)14-20(19)27-2;/h5-9,13-14,18H,10-12,15-16H2,1-4H3,(H,24,25);1H. The topological polar surface area (TPSA) is 55.3 Å². The molecule has 2 aromatic rings. The van der Waals surface area contributed by atoms with Gasteiger partial charge in [0, 0.05) is 38.3 Å². The van der Waals surface area contributed by atoms with Gasteiger partial charge in [-0.25, -0.2) is 0 Å². The highest BCUT2D eigenvalue weighted by Crippen LogP contribution is 2.34. The van der Waals surface area contributed by atoms with E-state index >= 15 is 0 Å². The van der Waals surface area contributed by atoms with E-state index in [1.54, 1.807) is 21.3 Å². The Hall–Kier alpha value is -2.16. The zero-order chi connectivity index (χ0) is 20.6. The maximum absolute atomic E-state index is 5.53. The molecule has 1 atom stereocenters. The lowest BCUT2D eigenvalue weighted by Gasteiger charge is -2.22. The second-order valence-electron chi connectivity index (χ2n) is 7.21. The van der Waals surface area contributed by atoms with Crippen LogP contribution in [0.2, 0.25) is 0 Å². The molecule has 1 N–H and O–H groups in total. The van der Waals surface area contributed by atoms with Gasteiger partial charge in [0.15, 0.2) is 17.5 Å². The molecule has 2 aromatic carbocycles. The number of rotatable bonds is 7. The fraction of sp³-hybridized carbons (Fsp3) is 0.435. The fourth-order valence-corrected chi connectivity index (χ4v) is 3.88. The monoisotopic (exact) mass is 525 g/mol. The van der Waals surface area contributed by atoms with Gasteiger partial charge in [-0.1, -0.05) is 30.3 Å². The smallest absolute Gasteiger partial charge is 0.193 e. The van der Waals surface area contributed by atoms with Gasteiger partial charge in [0.1, 0.15) is 5.75 Å². The number of nitrogens with zero attached hydrogens (tertiary/aromatic N) is 2. The molecule has 0 bridgehead atoms. The van der Waals surface area contributed by atoms with E-state index in [0.717, 1.165) is 36.8 Å². The Bertz CT molecular complexity index is 830. The van der Waals surface area contributed by atoms with E-state index in [1.165, 1.54) is 12.0 Å². The summed E-state index contributed by atoms with van der Waals surface area (Å²) < 4.78 is 16.3. The highest BCUT2D eigenvalue weighted by molar-refractivity contribution is 14.0. The molecular weight excluding hydrogens is 493 g/mol. The van der Waals surface area contributed by atoms with Gasteiger partial charge in [-0.15, -0.1) is 24.0 Å². The molecule has 1 unspecified atom stereocenters. The molecule has 0 saturated carbocycles. The number of methoxy groups -OCH3 is 3. The first-order valence-corrected chi connectivity index (χ1v) is 9.96. The number of guanidine groups is 1. The third-order valence-electron chi connectivity index (χ3n) is 5.39. The van der Waals surface area contributed by atoms with E-state index in [4.69, 9.17) is 14.2 Å². The summed E-state index contributed by atoms with van der Waals surface area (Å²) in [6.07, 6.45) is 2.28. The number of benzene rings is 2. The van der Waals surface area contributed by atoms with Crippen LogP contribution in [-0.4, -0.2) is 52.3 Å². The maximum atomic E-state index is 5.53. The minimum absolute atomic E-state index is 0. The van der Waals surface area contributed by atoms with E-state index in [1.807, 2.05) is 19.2 Å². The number of aliphatic imine (C=N–C) groups is 1. The van der Waals surface area contributed by atoms with Crippen LogP contribution in [0.5, 0.6) is 17.2 Å². The summed E-state index contributed by atoms with van der Waals surface area (Å²) in [4.78, 5) is 6.83. The Morgan fingerprint density at radius 2 is 1.70 bits per heavy atom. The third-order valence-corrected chi connectivity index (χ3v) is 5.39. The van der Waals surface area contributed by atoms with E-state index < -0.39 is 0 Å². The molecule has 0 aliphatic carbocycles. The molecule has 7 heteroatoms. The number of likely N-dealkylation sites (tertiary alicyclic amines) is 1. The van der Waals surface area contributed by atoms with Gasteiger partial charge in [0.2, 0.25) is 0 Å². The molecule has 1 saturated heterocycles. The van der Waals surface area contributed by atoms with Crippen LogP contribution in [0.25, 0.3) is 0 Å². The lowest BCUT2D eigenvalue weighted by Crippen LogP contribution is -2.39. The lowest BCUT2D eigenvalue weighted by atomic mass is 9.99. The summed E-state index contributed by atoms with van der Waals surface area (Å²) in [5.74, 6) is 3.66. The lowest BCUT2D eigenvalue weighted by molar-refractivity contribution is 0.347. The molecule has 1 aliphatic rings. The van der Waals surface area contributed by atoms with E-state index in [0.29, 0.717) is 24.0 Å². The van der Waals surface area contributed by atoms with Gasteiger partial charge in [0.25, 0.3) is 0 Å². The largest absolute Gasteiger partial charge is 0.496 e. The van der Waals surface area contributed by atoms with Gasteiger partial charge in [-0.05, 0) is 30.4 Å². The summed E-state index contributed by atoms with van der Waals surface area (Å²) in [5, 5.41) is 3.48. The predicted octanol–water partition coefficient (Wildman–Crippen LogP) is 3.97. The van der Waals surface area contributed by atoms with E-state index in [9.17, 15) is 0 Å². The van der Waals surface area contributed by atoms with Crippen LogP contribution in [-0.2, 0) is 13.0 Å². The quantitative estimate of drug-likeness (QED) is 0.337. The van der Waals surface area contributed by atoms with Crippen LogP contribution < -0.4 is 19.5 Å². The molecule has 0 aromatic heterocycles. The van der Waals surface area contributed by atoms with Crippen LogP contribution >= 0.6 is 24.0 Å². The molecular formula is C23H32IN3O3. The molecule has 6 nitrogen and oxygen atoms in total. The highest BCUT2D eigenvalue weighted by atomic mass is 127. The summed E-state index contributed by atoms with van der Waals surface area (Å²) in [6, 6.07) is 14.5. The normalized spacial score (nSPS) is 16.1. The zero-order valence-corrected chi connectivity index (χ0v) is 20.5. The van der Waals surface area contributed by atoms with Crippen molar-refractivity contribution in [1.29, 1.82) is 0 Å². The van der Waals surface area contributed by atoms with Crippen molar-refractivity contribution in [3.8, 4) is 17.2 Å². The van der Waals surface area contributed by atoms with Crippen LogP contribution in [0.3, 0.4) is 0 Å². The Morgan fingerprint density at radius 1 is 1.03 bits per heavy atom. The average Bonchev–Trinajstić information content (AvgIpc) is 3.22. The van der Waals surface area contributed by atoms with Crippen molar-refractivity contribution in [3.05, 3.63) is 53.6 Å². The minimum atomic E-state index is 0. The number of nitrogens with one attached hydrogen (secondary N) is 1. The molecule has 164 valence electrons. The van der Waals surface area contributed by atoms with Gasteiger partial charge in [-0.2, -0.15) is 0 Å². The van der Waals surface area contributed by atoms with Crippen molar-refractivity contribution in [1.82, 2.24) is 10.2 Å². The summed E-state index contributed by atoms with van der Waals surface area (Å²) in [5.41, 5.74) is 2.39. The van der Waals surface area contributed by atoms with Gasteiger partial charge in [-0.3, -0.25) is 4.99 Å². The number of hydrogen-bond acceptors (Lipinski definition) is 4. The predicted molar refractivity (Wildman–Crippen MR) is 132 cm³/mol. The highest BCUT2D eigenvalue weighted by Gasteiger charge is 2.25. The van der Waals surface area contributed by atoms with Gasteiger partial charge in [0.05, 0.1) is 21.3 Å². The van der Waals surface area contributed by atoms with Crippen molar-refractivity contribution >= 4 is 29.9 Å². The van der Waals surface area contributed by atoms with Crippen LogP contribution in [0.1, 0.15) is 17.5 Å². The van der Waals surface area contributed by atoms with Gasteiger partial charge >= 0.3 is 0 Å². The molecule has 1 aliphatic heterocycles. The molecule has 0 radical (unpaired) electrons.